The topological polar surface area (TPSA) is 30.9 Å². The predicted octanol–water partition coefficient (Wildman–Crippen LogP) is 4.93. The summed E-state index contributed by atoms with van der Waals surface area (Å²) in [6, 6.07) is 11.5. The van der Waals surface area contributed by atoms with Gasteiger partial charge in [-0.2, -0.15) is 0 Å². The standard InChI is InChI=1S/C24H27NO3/c1-4-28-16-7-8-17-19(11-16)21-13-24(27-3)23(26-2)12-20(21)18-10-15-6-5-9-25(15)14-22(17)18/h7-8,11-13,15H,4-6,9-10,14H2,1-3H3/t15-/m0/s1. The number of hydrogen-bond donors (Lipinski definition) is 0. The number of benzene rings is 3. The third-order valence-corrected chi connectivity index (χ3v) is 6.43. The van der Waals surface area contributed by atoms with E-state index in [9.17, 15) is 0 Å². The van der Waals surface area contributed by atoms with Crippen LogP contribution in [0.3, 0.4) is 0 Å². The Hall–Kier alpha value is -2.46. The Bertz CT molecular complexity index is 1060. The first kappa shape index (κ1) is 17.6. The Balaban J connectivity index is 1.85. The summed E-state index contributed by atoms with van der Waals surface area (Å²) < 4.78 is 17.1. The van der Waals surface area contributed by atoms with Crippen LogP contribution in [0, 0.1) is 0 Å². The van der Waals surface area contributed by atoms with E-state index < -0.39 is 0 Å². The van der Waals surface area contributed by atoms with Gasteiger partial charge in [0.2, 0.25) is 0 Å². The average molecular weight is 377 g/mol. The highest BCUT2D eigenvalue weighted by atomic mass is 16.5. The van der Waals surface area contributed by atoms with Gasteiger partial charge >= 0.3 is 0 Å². The van der Waals surface area contributed by atoms with E-state index in [4.69, 9.17) is 14.2 Å². The van der Waals surface area contributed by atoms with Crippen LogP contribution >= 0.6 is 0 Å². The Morgan fingerprint density at radius 1 is 0.929 bits per heavy atom. The highest BCUT2D eigenvalue weighted by molar-refractivity contribution is 6.12. The lowest BCUT2D eigenvalue weighted by Gasteiger charge is -2.33. The van der Waals surface area contributed by atoms with Crippen LogP contribution in [0.15, 0.2) is 30.3 Å². The minimum atomic E-state index is 0.668. The van der Waals surface area contributed by atoms with E-state index in [1.807, 2.05) is 6.92 Å². The number of ether oxygens (including phenoxy) is 3. The molecule has 0 aliphatic carbocycles. The summed E-state index contributed by atoms with van der Waals surface area (Å²) >= 11 is 0. The van der Waals surface area contributed by atoms with Crippen LogP contribution in [0.1, 0.15) is 30.9 Å². The SMILES string of the molecule is CCOc1ccc2c3c(c4cc(OC)c(OC)cc4c2c1)C[C@@H]1CCCN1C3. The Morgan fingerprint density at radius 3 is 2.43 bits per heavy atom. The fourth-order valence-electron chi connectivity index (χ4n) is 5.13. The smallest absolute Gasteiger partial charge is 0.161 e. The molecule has 28 heavy (non-hydrogen) atoms. The zero-order chi connectivity index (χ0) is 19.3. The van der Waals surface area contributed by atoms with Crippen LogP contribution in [0.5, 0.6) is 17.2 Å². The first-order chi connectivity index (χ1) is 13.7. The Labute approximate surface area is 166 Å². The third kappa shape index (κ3) is 2.62. The van der Waals surface area contributed by atoms with Crippen molar-refractivity contribution in [3.05, 3.63) is 41.5 Å². The molecule has 0 radical (unpaired) electrons. The molecule has 0 amide bonds. The largest absolute Gasteiger partial charge is 0.494 e. The molecular formula is C24H27NO3. The van der Waals surface area contributed by atoms with E-state index in [-0.39, 0.29) is 0 Å². The molecule has 4 nitrogen and oxygen atoms in total. The molecule has 2 heterocycles. The Morgan fingerprint density at radius 2 is 1.68 bits per heavy atom. The minimum absolute atomic E-state index is 0.668. The van der Waals surface area contributed by atoms with E-state index in [1.54, 1.807) is 14.2 Å². The van der Waals surface area contributed by atoms with Gasteiger partial charge in [0, 0.05) is 12.6 Å². The molecule has 1 saturated heterocycles. The van der Waals surface area contributed by atoms with E-state index in [0.717, 1.165) is 30.2 Å². The summed E-state index contributed by atoms with van der Waals surface area (Å²) in [5, 5.41) is 5.08. The van der Waals surface area contributed by atoms with Crippen LogP contribution in [0.4, 0.5) is 0 Å². The first-order valence-electron chi connectivity index (χ1n) is 10.2. The van der Waals surface area contributed by atoms with Crippen molar-refractivity contribution in [3.8, 4) is 17.2 Å². The molecule has 3 aromatic rings. The number of nitrogens with zero attached hydrogens (tertiary/aromatic N) is 1. The van der Waals surface area contributed by atoms with Gasteiger partial charge in [-0.05, 0) is 89.7 Å². The number of fused-ring (bicyclic) bond motifs is 7. The predicted molar refractivity (Wildman–Crippen MR) is 113 cm³/mol. The van der Waals surface area contributed by atoms with E-state index in [1.165, 1.54) is 52.1 Å². The van der Waals surface area contributed by atoms with Crippen molar-refractivity contribution < 1.29 is 14.2 Å². The second-order valence-corrected chi connectivity index (χ2v) is 7.82. The quantitative estimate of drug-likeness (QED) is 0.603. The van der Waals surface area contributed by atoms with E-state index >= 15 is 0 Å². The molecule has 1 atom stereocenters. The maximum absolute atomic E-state index is 5.81. The number of rotatable bonds is 4. The maximum Gasteiger partial charge on any atom is 0.161 e. The monoisotopic (exact) mass is 377 g/mol. The molecule has 0 N–H and O–H groups in total. The normalized spacial score (nSPS) is 18.9. The van der Waals surface area contributed by atoms with Gasteiger partial charge in [0.05, 0.1) is 20.8 Å². The molecule has 0 spiro atoms. The summed E-state index contributed by atoms with van der Waals surface area (Å²) in [4.78, 5) is 2.66. The molecule has 0 bridgehead atoms. The van der Waals surface area contributed by atoms with Crippen molar-refractivity contribution in [2.75, 3.05) is 27.4 Å². The first-order valence-corrected chi connectivity index (χ1v) is 10.2. The lowest BCUT2D eigenvalue weighted by atomic mass is 9.85. The lowest BCUT2D eigenvalue weighted by molar-refractivity contribution is 0.229. The van der Waals surface area contributed by atoms with Crippen molar-refractivity contribution in [3.63, 3.8) is 0 Å². The molecule has 0 aromatic heterocycles. The fourth-order valence-corrected chi connectivity index (χ4v) is 5.13. The van der Waals surface area contributed by atoms with Crippen molar-refractivity contribution >= 4 is 21.5 Å². The second-order valence-electron chi connectivity index (χ2n) is 7.82. The van der Waals surface area contributed by atoms with Crippen molar-refractivity contribution in [1.29, 1.82) is 0 Å². The van der Waals surface area contributed by atoms with Crippen molar-refractivity contribution in [2.45, 2.75) is 38.8 Å². The maximum atomic E-state index is 5.81. The summed E-state index contributed by atoms with van der Waals surface area (Å²) in [5.41, 5.74) is 2.95. The highest BCUT2D eigenvalue weighted by Gasteiger charge is 2.32. The van der Waals surface area contributed by atoms with E-state index in [2.05, 4.69) is 35.2 Å². The Kier molecular flexibility index (Phi) is 4.31. The molecule has 1 fully saturated rings. The van der Waals surface area contributed by atoms with Gasteiger partial charge in [0.1, 0.15) is 5.75 Å². The molecule has 0 saturated carbocycles. The van der Waals surface area contributed by atoms with Crippen molar-refractivity contribution in [1.82, 2.24) is 4.90 Å². The minimum Gasteiger partial charge on any atom is -0.494 e. The van der Waals surface area contributed by atoms with Crippen LogP contribution in [0.2, 0.25) is 0 Å². The summed E-state index contributed by atoms with van der Waals surface area (Å²) in [6.45, 7) is 4.94. The molecule has 2 aliphatic rings. The fraction of sp³-hybridized carbons (Fsp3) is 0.417. The zero-order valence-corrected chi connectivity index (χ0v) is 16.9. The summed E-state index contributed by atoms with van der Waals surface area (Å²) in [5.74, 6) is 2.49. The van der Waals surface area contributed by atoms with Gasteiger partial charge in [-0.25, -0.2) is 0 Å². The molecule has 3 aromatic carbocycles. The van der Waals surface area contributed by atoms with Crippen molar-refractivity contribution in [2.24, 2.45) is 0 Å². The van der Waals surface area contributed by atoms with E-state index in [0.29, 0.717) is 12.6 Å². The van der Waals surface area contributed by atoms with Gasteiger partial charge in [0.15, 0.2) is 11.5 Å². The van der Waals surface area contributed by atoms with Gasteiger partial charge in [-0.15, -0.1) is 0 Å². The van der Waals surface area contributed by atoms with Gasteiger partial charge in [0.25, 0.3) is 0 Å². The molecular weight excluding hydrogens is 350 g/mol. The van der Waals surface area contributed by atoms with Crippen LogP contribution in [0.25, 0.3) is 21.5 Å². The number of methoxy groups -OCH3 is 2. The van der Waals surface area contributed by atoms with Crippen LogP contribution < -0.4 is 14.2 Å². The van der Waals surface area contributed by atoms with Gasteiger partial charge in [-0.3, -0.25) is 4.90 Å². The molecule has 146 valence electrons. The van der Waals surface area contributed by atoms with Crippen LogP contribution in [-0.2, 0) is 13.0 Å². The molecule has 4 heteroatoms. The second kappa shape index (κ2) is 6.85. The summed E-state index contributed by atoms with van der Waals surface area (Å²) in [7, 11) is 3.41. The van der Waals surface area contributed by atoms with Crippen LogP contribution in [-0.4, -0.2) is 38.3 Å². The molecule has 5 rings (SSSR count). The average Bonchev–Trinajstić information content (AvgIpc) is 3.19. The lowest BCUT2D eigenvalue weighted by Crippen LogP contribution is -2.35. The number of hydrogen-bond acceptors (Lipinski definition) is 4. The molecule has 0 unspecified atom stereocenters. The summed E-state index contributed by atoms with van der Waals surface area (Å²) in [6.07, 6.45) is 3.72. The molecule has 2 aliphatic heterocycles. The van der Waals surface area contributed by atoms with Gasteiger partial charge < -0.3 is 14.2 Å². The zero-order valence-electron chi connectivity index (χ0n) is 16.9. The third-order valence-electron chi connectivity index (χ3n) is 6.43. The van der Waals surface area contributed by atoms with Gasteiger partial charge in [-0.1, -0.05) is 6.07 Å². The highest BCUT2D eigenvalue weighted by Crippen LogP contribution is 2.44.